The first-order valence-electron chi connectivity index (χ1n) is 19.4. The topological polar surface area (TPSA) is 99.6 Å². The number of aryl methyl sites for hydroxylation is 2. The maximum absolute atomic E-state index is 12.4. The van der Waals surface area contributed by atoms with E-state index in [1.54, 1.807) is 23.9 Å². The van der Waals surface area contributed by atoms with Crippen molar-refractivity contribution >= 4 is 77.8 Å². The zero-order valence-corrected chi connectivity index (χ0v) is 33.3. The number of hydrogen-bond acceptors (Lipinski definition) is 4. The van der Waals surface area contributed by atoms with Gasteiger partial charge in [-0.05, 0) is 116 Å². The van der Waals surface area contributed by atoms with Gasteiger partial charge in [-0.15, -0.1) is 0 Å². The van der Waals surface area contributed by atoms with Gasteiger partial charge < -0.3 is 9.67 Å². The van der Waals surface area contributed by atoms with Gasteiger partial charge in [0.2, 0.25) is 11.4 Å². The SMILES string of the molecule is CCn1/c(=C\C=C2C(Sc3ccc(CC(=O)O)cc3)=C(/C=C/C3=[N+](CC)c4ccc(C)c5cccc3c45)C3CCC\2C3)c2cccc3c(S(=O)(=O)O)ccc1c32. The van der Waals surface area contributed by atoms with Gasteiger partial charge in [0.15, 0.2) is 0 Å². The maximum Gasteiger partial charge on any atom is 0.307 e. The molecule has 1 fully saturated rings. The van der Waals surface area contributed by atoms with Crippen molar-refractivity contribution < 1.29 is 27.4 Å². The van der Waals surface area contributed by atoms with E-state index in [1.165, 1.54) is 55.4 Å². The van der Waals surface area contributed by atoms with Crippen molar-refractivity contribution in [2.75, 3.05) is 6.54 Å². The van der Waals surface area contributed by atoms with Gasteiger partial charge in [0, 0.05) is 55.5 Å². The molecule has 2 atom stereocenters. The van der Waals surface area contributed by atoms with Crippen molar-refractivity contribution in [2.24, 2.45) is 11.8 Å². The molecule has 7 nitrogen and oxygen atoms in total. The summed E-state index contributed by atoms with van der Waals surface area (Å²) in [5.74, 6) is -0.0418. The van der Waals surface area contributed by atoms with Crippen LogP contribution in [0.3, 0.4) is 0 Å². The molecule has 0 radical (unpaired) electrons. The van der Waals surface area contributed by atoms with Crippen molar-refractivity contribution in [3.05, 3.63) is 141 Å². The summed E-state index contributed by atoms with van der Waals surface area (Å²) < 4.78 is 39.5. The summed E-state index contributed by atoms with van der Waals surface area (Å²) >= 11 is 1.76. The Kier molecular flexibility index (Phi) is 9.15. The largest absolute Gasteiger partial charge is 0.481 e. The number of fused-ring (bicyclic) bond motifs is 2. The molecule has 56 heavy (non-hydrogen) atoms. The molecular weight excluding hydrogens is 737 g/mol. The Balaban J connectivity index is 1.23. The molecule has 0 saturated heterocycles. The Morgan fingerprint density at radius 3 is 2.38 bits per heavy atom. The highest BCUT2D eigenvalue weighted by atomic mass is 32.2. The average molecular weight is 780 g/mol. The lowest BCUT2D eigenvalue weighted by Crippen LogP contribution is -2.16. The third-order valence-electron chi connectivity index (χ3n) is 12.0. The normalized spacial score (nSPS) is 19.4. The summed E-state index contributed by atoms with van der Waals surface area (Å²) in [7, 11) is -4.41. The highest BCUT2D eigenvalue weighted by Gasteiger charge is 2.38. The van der Waals surface area contributed by atoms with Crippen LogP contribution in [0.1, 0.15) is 49.8 Å². The minimum Gasteiger partial charge on any atom is -0.481 e. The fourth-order valence-corrected chi connectivity index (χ4v) is 11.4. The smallest absolute Gasteiger partial charge is 0.307 e. The zero-order valence-electron chi connectivity index (χ0n) is 31.6. The average Bonchev–Trinajstić information content (AvgIpc) is 3.85. The second kappa shape index (κ2) is 14.1. The molecule has 2 N–H and O–H groups in total. The van der Waals surface area contributed by atoms with Crippen LogP contribution < -0.4 is 5.35 Å². The van der Waals surface area contributed by atoms with Crippen molar-refractivity contribution in [3.8, 4) is 0 Å². The fourth-order valence-electron chi connectivity index (χ4n) is 9.52. The molecule has 0 spiro atoms. The fraction of sp³-hybridized carbons (Fsp3) is 0.234. The first-order valence-corrected chi connectivity index (χ1v) is 21.6. The number of thioether (sulfide) groups is 1. The van der Waals surface area contributed by atoms with Gasteiger partial charge in [-0.25, -0.2) is 0 Å². The molecule has 9 heteroatoms. The van der Waals surface area contributed by atoms with Crippen LogP contribution in [-0.2, 0) is 27.9 Å². The van der Waals surface area contributed by atoms with E-state index in [-0.39, 0.29) is 11.3 Å². The van der Waals surface area contributed by atoms with Gasteiger partial charge in [-0.1, -0.05) is 72.4 Å². The lowest BCUT2D eigenvalue weighted by atomic mass is 9.84. The van der Waals surface area contributed by atoms with Crippen LogP contribution in [0.5, 0.6) is 0 Å². The summed E-state index contributed by atoms with van der Waals surface area (Å²) in [6.45, 7) is 8.02. The molecule has 3 aliphatic rings. The second-order valence-electron chi connectivity index (χ2n) is 15.1. The van der Waals surface area contributed by atoms with Crippen molar-refractivity contribution in [2.45, 2.75) is 62.8 Å². The quantitative estimate of drug-likeness (QED) is 0.106. The van der Waals surface area contributed by atoms with Gasteiger partial charge >= 0.3 is 5.97 Å². The number of carboxylic acid groups (broad SMARTS) is 1. The summed E-state index contributed by atoms with van der Waals surface area (Å²) in [6.07, 6.45) is 12.4. The van der Waals surface area contributed by atoms with Crippen LogP contribution in [0.25, 0.3) is 38.5 Å². The maximum atomic E-state index is 12.4. The Bertz CT molecular complexity index is 2930. The van der Waals surface area contributed by atoms with Gasteiger partial charge in [0.05, 0.1) is 17.4 Å². The third-order valence-corrected chi connectivity index (χ3v) is 14.1. The van der Waals surface area contributed by atoms with Gasteiger partial charge in [-0.2, -0.15) is 13.0 Å². The molecule has 2 unspecified atom stereocenters. The summed E-state index contributed by atoms with van der Waals surface area (Å²) in [5, 5.41) is 15.3. The Hall–Kier alpha value is -5.22. The van der Waals surface area contributed by atoms with E-state index in [0.717, 1.165) is 57.9 Å². The highest BCUT2D eigenvalue weighted by Crippen LogP contribution is 2.53. The summed E-state index contributed by atoms with van der Waals surface area (Å²) in [6, 6.07) is 28.0. The summed E-state index contributed by atoms with van der Waals surface area (Å²) in [5.41, 5.74) is 9.31. The molecule has 1 aromatic heterocycles. The molecule has 282 valence electrons. The molecule has 5 aromatic carbocycles. The van der Waals surface area contributed by atoms with E-state index < -0.39 is 16.1 Å². The van der Waals surface area contributed by atoms with E-state index in [9.17, 15) is 22.9 Å². The Labute approximate surface area is 330 Å². The van der Waals surface area contributed by atoms with E-state index in [0.29, 0.717) is 23.8 Å². The molecule has 2 bridgehead atoms. The molecule has 1 saturated carbocycles. The first kappa shape index (κ1) is 36.4. The first-order chi connectivity index (χ1) is 27.0. The molecule has 2 heterocycles. The number of rotatable bonds is 10. The van der Waals surface area contributed by atoms with Crippen molar-refractivity contribution in [1.82, 2.24) is 4.57 Å². The van der Waals surface area contributed by atoms with Crippen LogP contribution in [0.4, 0.5) is 5.69 Å². The molecular formula is C47H43N2O5S2+. The van der Waals surface area contributed by atoms with Crippen LogP contribution >= 0.6 is 11.8 Å². The zero-order chi connectivity index (χ0) is 38.9. The van der Waals surface area contributed by atoms with Crippen LogP contribution in [0.2, 0.25) is 0 Å². The van der Waals surface area contributed by atoms with Crippen molar-refractivity contribution in [1.29, 1.82) is 0 Å². The highest BCUT2D eigenvalue weighted by molar-refractivity contribution is 8.03. The van der Waals surface area contributed by atoms with Gasteiger partial charge in [0.25, 0.3) is 10.1 Å². The predicted molar refractivity (Wildman–Crippen MR) is 227 cm³/mol. The number of nitrogens with zero attached hydrogens (tertiary/aromatic N) is 2. The molecule has 0 amide bonds. The molecule has 1 aliphatic heterocycles. The summed E-state index contributed by atoms with van der Waals surface area (Å²) in [4.78, 5) is 13.7. The minimum absolute atomic E-state index is 0.0134. The molecule has 2 aliphatic carbocycles. The third kappa shape index (κ3) is 6.04. The number of hydrogen-bond donors (Lipinski definition) is 2. The molecule has 6 aromatic rings. The monoisotopic (exact) mass is 779 g/mol. The van der Waals surface area contributed by atoms with Crippen molar-refractivity contribution in [3.63, 3.8) is 0 Å². The number of carbonyl (C=O) groups is 1. The predicted octanol–water partition coefficient (Wildman–Crippen LogP) is 9.77. The second-order valence-corrected chi connectivity index (χ2v) is 17.6. The lowest BCUT2D eigenvalue weighted by Gasteiger charge is -2.27. The van der Waals surface area contributed by atoms with E-state index in [4.69, 9.17) is 0 Å². The standard InChI is InChI=1S/C47H42N2O5S2/c1-4-48-39(36-9-6-8-33-28(3)12-21-41(48)45(33)36)22-19-34-30-15-16-31(27-30)35(47(34)55-32-17-13-29(14-18-32)26-44(50)51)20-23-40-37-10-7-11-38-43(56(52,53)54)25-24-42(46(37)38)49(40)5-2/h6-14,17-25,30-31H,4-5,15-16,26-27H2,1-3H3,(H-,50,51,52,53,54)/p+1. The number of allylic oxidation sites excluding steroid dienone is 5. The lowest BCUT2D eigenvalue weighted by molar-refractivity contribution is -0.430. The number of carboxylic acids is 1. The number of aromatic nitrogens is 1. The van der Waals surface area contributed by atoms with Gasteiger partial charge in [0.1, 0.15) is 11.4 Å². The number of aliphatic carboxylic acids is 1. The Morgan fingerprint density at radius 2 is 1.62 bits per heavy atom. The van der Waals surface area contributed by atoms with E-state index >= 15 is 0 Å². The van der Waals surface area contributed by atoms with Crippen LogP contribution in [-0.4, -0.2) is 45.4 Å². The van der Waals surface area contributed by atoms with E-state index in [1.807, 2.05) is 36.4 Å². The number of benzene rings is 5. The van der Waals surface area contributed by atoms with Gasteiger partial charge in [-0.3, -0.25) is 9.35 Å². The van der Waals surface area contributed by atoms with Crippen LogP contribution in [0.15, 0.2) is 129 Å². The van der Waals surface area contributed by atoms with Crippen LogP contribution in [0, 0.1) is 18.8 Å². The minimum atomic E-state index is -4.41. The Morgan fingerprint density at radius 1 is 0.875 bits per heavy atom. The van der Waals surface area contributed by atoms with E-state index in [2.05, 4.69) is 84.5 Å². The molecule has 9 rings (SSSR count).